The van der Waals surface area contributed by atoms with Crippen LogP contribution in [0.4, 0.5) is 36.4 Å². The number of nitrogens with one attached hydrogen (secondary N) is 1. The lowest BCUT2D eigenvalue weighted by Crippen LogP contribution is -2.57. The summed E-state index contributed by atoms with van der Waals surface area (Å²) in [5.41, 5.74) is -0.277. The third-order valence-corrected chi connectivity index (χ3v) is 2.44. The summed E-state index contributed by atoms with van der Waals surface area (Å²) < 4.78 is 87.0. The number of phenols is 1. The van der Waals surface area contributed by atoms with Crippen LogP contribution in [-0.4, -0.2) is 29.0 Å². The molecule has 1 amide bonds. The molecular weight excluding hydrogens is 311 g/mol. The zero-order valence-electron chi connectivity index (χ0n) is 10.2. The number of benzene rings is 1. The maximum Gasteiger partial charge on any atom is 0.460 e. The molecule has 0 radical (unpaired) electrons. The Morgan fingerprint density at radius 1 is 1.10 bits per heavy atom. The Balaban J connectivity index is 3.07. The zero-order chi connectivity index (χ0) is 16.6. The van der Waals surface area contributed by atoms with Crippen molar-refractivity contribution in [2.24, 2.45) is 0 Å². The van der Waals surface area contributed by atoms with Crippen LogP contribution < -0.4 is 5.32 Å². The first-order valence-electron chi connectivity index (χ1n) is 5.24. The topological polar surface area (TPSA) is 49.3 Å². The molecule has 0 aliphatic carbocycles. The van der Waals surface area contributed by atoms with Gasteiger partial charge < -0.3 is 10.4 Å². The first kappa shape index (κ1) is 17.1. The van der Waals surface area contributed by atoms with Gasteiger partial charge in [-0.3, -0.25) is 4.79 Å². The van der Waals surface area contributed by atoms with Crippen LogP contribution in [0.25, 0.3) is 0 Å². The van der Waals surface area contributed by atoms with Crippen LogP contribution in [0.3, 0.4) is 0 Å². The molecule has 0 bridgehead atoms. The van der Waals surface area contributed by atoms with Crippen molar-refractivity contribution in [2.45, 2.75) is 24.9 Å². The van der Waals surface area contributed by atoms with Crippen LogP contribution in [0.2, 0.25) is 0 Å². The zero-order valence-corrected chi connectivity index (χ0v) is 10.2. The average molecular weight is 319 g/mol. The molecule has 0 heterocycles. The van der Waals surface area contributed by atoms with Crippen molar-refractivity contribution in [3.05, 3.63) is 23.8 Å². The molecule has 1 rings (SSSR count). The van der Waals surface area contributed by atoms with E-state index in [1.165, 1.54) is 13.0 Å². The highest BCUT2D eigenvalue weighted by molar-refractivity contribution is 5.98. The van der Waals surface area contributed by atoms with E-state index in [0.717, 1.165) is 17.4 Å². The van der Waals surface area contributed by atoms with Gasteiger partial charge in [-0.05, 0) is 24.6 Å². The van der Waals surface area contributed by atoms with E-state index < -0.39 is 35.4 Å². The fourth-order valence-corrected chi connectivity index (χ4v) is 1.27. The van der Waals surface area contributed by atoms with Crippen molar-refractivity contribution >= 4 is 11.6 Å². The lowest BCUT2D eigenvalue weighted by Gasteiger charge is -2.27. The van der Waals surface area contributed by atoms with E-state index in [1.807, 2.05) is 0 Å². The van der Waals surface area contributed by atoms with Crippen LogP contribution in [0.1, 0.15) is 5.56 Å². The molecule has 0 unspecified atom stereocenters. The van der Waals surface area contributed by atoms with Crippen LogP contribution in [0.15, 0.2) is 18.2 Å². The quantitative estimate of drug-likeness (QED) is 0.662. The van der Waals surface area contributed by atoms with E-state index in [-0.39, 0.29) is 0 Å². The normalized spacial score (nSPS) is 13.1. The van der Waals surface area contributed by atoms with Crippen molar-refractivity contribution < 1.29 is 40.6 Å². The minimum absolute atomic E-state index is 0.442. The Kier molecular flexibility index (Phi) is 4.13. The number of aromatic hydroxyl groups is 1. The molecule has 2 N–H and O–H groups in total. The molecule has 21 heavy (non-hydrogen) atoms. The van der Waals surface area contributed by atoms with E-state index in [0.29, 0.717) is 5.56 Å². The molecular formula is C11H8F7NO2. The molecule has 0 atom stereocenters. The highest BCUT2D eigenvalue weighted by atomic mass is 19.4. The Morgan fingerprint density at radius 3 is 2.05 bits per heavy atom. The molecule has 0 aliphatic rings. The van der Waals surface area contributed by atoms with Gasteiger partial charge in [0.1, 0.15) is 5.75 Å². The molecule has 1 aromatic carbocycles. The van der Waals surface area contributed by atoms with Gasteiger partial charge in [0.15, 0.2) is 0 Å². The standard InChI is InChI=1S/C11H8F7NO2/c1-5-2-3-6(7(20)4-5)19-8(21)9(12,13)10(14,15)11(16,17)18/h2-4,20H,1H3,(H,19,21). The minimum atomic E-state index is -6.61. The lowest BCUT2D eigenvalue weighted by molar-refractivity contribution is -0.343. The van der Waals surface area contributed by atoms with Gasteiger partial charge in [0.2, 0.25) is 0 Å². The number of hydrogen-bond acceptors (Lipinski definition) is 2. The number of carbonyl (C=O) groups excluding carboxylic acids is 1. The Bertz CT molecular complexity index is 554. The van der Waals surface area contributed by atoms with Crippen molar-refractivity contribution in [3.63, 3.8) is 0 Å². The molecule has 3 nitrogen and oxygen atoms in total. The number of phenolic OH excluding ortho intramolecular Hbond substituents is 1. The van der Waals surface area contributed by atoms with Gasteiger partial charge in [0.25, 0.3) is 0 Å². The first-order valence-corrected chi connectivity index (χ1v) is 5.24. The van der Waals surface area contributed by atoms with E-state index in [4.69, 9.17) is 0 Å². The van der Waals surface area contributed by atoms with Gasteiger partial charge >= 0.3 is 23.9 Å². The number of alkyl halides is 7. The fraction of sp³-hybridized carbons (Fsp3) is 0.364. The van der Waals surface area contributed by atoms with Gasteiger partial charge in [-0.2, -0.15) is 30.7 Å². The molecule has 0 saturated heterocycles. The van der Waals surface area contributed by atoms with Gasteiger partial charge in [-0.1, -0.05) is 6.07 Å². The second-order valence-corrected chi connectivity index (χ2v) is 4.12. The molecule has 1 aromatic rings. The summed E-state index contributed by atoms with van der Waals surface area (Å²) in [6, 6.07) is 3.09. The van der Waals surface area contributed by atoms with Crippen molar-refractivity contribution in [3.8, 4) is 5.75 Å². The highest BCUT2D eigenvalue weighted by Gasteiger charge is 2.76. The summed E-state index contributed by atoms with van der Waals surface area (Å²) in [6.45, 7) is 1.48. The summed E-state index contributed by atoms with van der Waals surface area (Å²) in [7, 11) is 0. The summed E-state index contributed by atoms with van der Waals surface area (Å²) in [6.07, 6.45) is -6.61. The van der Waals surface area contributed by atoms with Crippen LogP contribution >= 0.6 is 0 Å². The fourth-order valence-electron chi connectivity index (χ4n) is 1.27. The summed E-state index contributed by atoms with van der Waals surface area (Å²) in [5.74, 6) is -16.2. The molecule has 118 valence electrons. The summed E-state index contributed by atoms with van der Waals surface area (Å²) in [4.78, 5) is 11.0. The van der Waals surface area contributed by atoms with Gasteiger partial charge in [-0.15, -0.1) is 0 Å². The number of anilines is 1. The predicted molar refractivity (Wildman–Crippen MR) is 57.4 cm³/mol. The number of halogens is 7. The molecule has 0 spiro atoms. The molecule has 0 aromatic heterocycles. The Hall–Kier alpha value is -2.00. The predicted octanol–water partition coefficient (Wildman–Crippen LogP) is 3.47. The summed E-state index contributed by atoms with van der Waals surface area (Å²) >= 11 is 0. The van der Waals surface area contributed by atoms with Crippen LogP contribution in [-0.2, 0) is 4.79 Å². The summed E-state index contributed by atoms with van der Waals surface area (Å²) in [5, 5.41) is 10.4. The van der Waals surface area contributed by atoms with Crippen LogP contribution in [0, 0.1) is 6.92 Å². The number of rotatable bonds is 3. The van der Waals surface area contributed by atoms with E-state index in [9.17, 15) is 40.6 Å². The first-order chi connectivity index (χ1) is 9.30. The second-order valence-electron chi connectivity index (χ2n) is 4.12. The van der Waals surface area contributed by atoms with Crippen LogP contribution in [0.5, 0.6) is 5.75 Å². The third kappa shape index (κ3) is 3.03. The SMILES string of the molecule is Cc1ccc(NC(=O)C(F)(F)C(F)(F)C(F)(F)F)c(O)c1. The monoisotopic (exact) mass is 319 g/mol. The minimum Gasteiger partial charge on any atom is -0.506 e. The number of amides is 1. The second kappa shape index (κ2) is 5.08. The molecule has 10 heteroatoms. The van der Waals surface area contributed by atoms with Gasteiger partial charge in [0, 0.05) is 0 Å². The van der Waals surface area contributed by atoms with E-state index in [2.05, 4.69) is 0 Å². The van der Waals surface area contributed by atoms with E-state index >= 15 is 0 Å². The number of aryl methyl sites for hydroxylation is 1. The molecule has 0 fully saturated rings. The van der Waals surface area contributed by atoms with Crippen molar-refractivity contribution in [1.29, 1.82) is 0 Å². The maximum absolute atomic E-state index is 13.0. The lowest BCUT2D eigenvalue weighted by atomic mass is 10.1. The average Bonchev–Trinajstić information content (AvgIpc) is 2.30. The third-order valence-electron chi connectivity index (χ3n) is 2.44. The Morgan fingerprint density at radius 2 is 1.62 bits per heavy atom. The van der Waals surface area contributed by atoms with Gasteiger partial charge in [0.05, 0.1) is 5.69 Å². The Labute approximate surface area is 113 Å². The number of hydrogen-bond donors (Lipinski definition) is 2. The number of carbonyl (C=O) groups is 1. The van der Waals surface area contributed by atoms with Crippen molar-refractivity contribution in [1.82, 2.24) is 0 Å². The molecule has 0 saturated carbocycles. The highest BCUT2D eigenvalue weighted by Crippen LogP contribution is 2.47. The van der Waals surface area contributed by atoms with Gasteiger partial charge in [-0.25, -0.2) is 0 Å². The molecule has 0 aliphatic heterocycles. The van der Waals surface area contributed by atoms with Crippen molar-refractivity contribution in [2.75, 3.05) is 5.32 Å². The smallest absolute Gasteiger partial charge is 0.460 e. The largest absolute Gasteiger partial charge is 0.506 e. The maximum atomic E-state index is 13.0. The van der Waals surface area contributed by atoms with E-state index in [1.54, 1.807) is 0 Å².